The van der Waals surface area contributed by atoms with Gasteiger partial charge in [-0.1, -0.05) is 284 Å². The minimum atomic E-state index is -1.58. The highest BCUT2D eigenvalue weighted by Crippen LogP contribution is 2.23. The zero-order chi connectivity index (χ0) is 57.2. The molecule has 7 atom stereocenters. The third-order valence-electron chi connectivity index (χ3n) is 15.1. The van der Waals surface area contributed by atoms with Crippen molar-refractivity contribution < 1.29 is 39.8 Å². The van der Waals surface area contributed by atoms with Gasteiger partial charge < -0.3 is 40.3 Å². The lowest BCUT2D eigenvalue weighted by atomic mass is 9.99. The molecule has 7 unspecified atom stereocenters. The third-order valence-corrected chi connectivity index (χ3v) is 15.1. The normalized spacial score (nSPS) is 19.2. The quantitative estimate of drug-likeness (QED) is 0.0261. The number of ether oxygens (including phenoxy) is 2. The Morgan fingerprint density at radius 1 is 0.443 bits per heavy atom. The summed E-state index contributed by atoms with van der Waals surface area (Å²) in [5.41, 5.74) is 0. The number of carbonyl (C=O) groups is 1. The van der Waals surface area contributed by atoms with E-state index in [0.29, 0.717) is 6.42 Å². The van der Waals surface area contributed by atoms with Crippen LogP contribution < -0.4 is 5.32 Å². The molecule has 0 bridgehead atoms. The number of allylic oxidation sites excluding steroid dienone is 15. The van der Waals surface area contributed by atoms with Crippen LogP contribution in [-0.4, -0.2) is 87.5 Å². The molecule has 0 radical (unpaired) electrons. The number of hydrogen-bond donors (Lipinski definition) is 6. The van der Waals surface area contributed by atoms with Crippen molar-refractivity contribution >= 4 is 5.91 Å². The standard InChI is InChI=1S/C70H123NO8/c1-3-5-7-9-11-13-15-17-19-21-23-25-27-28-29-30-31-32-33-34-35-36-38-39-41-43-45-47-49-51-53-55-57-59-64(73)63(62-78-70-69(77)68(76)67(75)65(61-72)79-70)71-66(74)60-58-56-54-52-50-48-46-44-42-40-37-26-24-22-20-18-16-14-12-10-8-6-4-2/h6,8,12,14,18,20,24,26,40-43,49,51,57,59,63-65,67-70,72-73,75-77H,3-5,7,9-11,13,15-17,19,21-23,25,27-39,44-48,50,52-56,58,60-62H2,1-2H3,(H,71,74)/b8-6-,14-12-,20-18-,26-24-,42-40-,43-41+,51-49+,59-57+. The molecule has 9 heteroatoms. The second kappa shape index (κ2) is 58.3. The van der Waals surface area contributed by atoms with Crippen molar-refractivity contribution in [3.05, 3.63) is 97.2 Å². The molecule has 1 heterocycles. The van der Waals surface area contributed by atoms with E-state index in [-0.39, 0.29) is 12.5 Å². The molecule has 1 saturated heterocycles. The van der Waals surface area contributed by atoms with Gasteiger partial charge >= 0.3 is 0 Å². The maximum atomic E-state index is 13.1. The minimum absolute atomic E-state index is 0.204. The largest absolute Gasteiger partial charge is 0.394 e. The van der Waals surface area contributed by atoms with Crippen molar-refractivity contribution in [1.29, 1.82) is 0 Å². The molecule has 0 aromatic rings. The first-order valence-electron chi connectivity index (χ1n) is 33.0. The van der Waals surface area contributed by atoms with Crippen molar-refractivity contribution in [2.45, 2.75) is 326 Å². The van der Waals surface area contributed by atoms with Crippen molar-refractivity contribution in [2.75, 3.05) is 13.2 Å². The molecule has 79 heavy (non-hydrogen) atoms. The van der Waals surface area contributed by atoms with E-state index in [1.165, 1.54) is 173 Å². The summed E-state index contributed by atoms with van der Waals surface area (Å²) < 4.78 is 11.3. The fraction of sp³-hybridized carbons (Fsp3) is 0.757. The van der Waals surface area contributed by atoms with E-state index in [4.69, 9.17) is 9.47 Å². The SMILES string of the molecule is CC/C=C\C/C=C\C/C=C\C/C=C\C/C=C\CCCCCCCCCC(=O)NC(COC1OC(CO)C(O)C(O)C1O)C(O)/C=C/CC/C=C/CC/C=C/CCCCCCCCCCCCCCCCCCCCCCCCC. The summed E-state index contributed by atoms with van der Waals surface area (Å²) in [4.78, 5) is 13.1. The first kappa shape index (κ1) is 74.1. The van der Waals surface area contributed by atoms with E-state index in [1.54, 1.807) is 6.08 Å². The molecule has 456 valence electrons. The first-order chi connectivity index (χ1) is 38.8. The fourth-order valence-electron chi connectivity index (χ4n) is 9.98. The highest BCUT2D eigenvalue weighted by atomic mass is 16.7. The van der Waals surface area contributed by atoms with Gasteiger partial charge in [0.1, 0.15) is 24.4 Å². The van der Waals surface area contributed by atoms with E-state index in [0.717, 1.165) is 89.9 Å². The Hall–Kier alpha value is -2.89. The van der Waals surface area contributed by atoms with Crippen LogP contribution in [0.1, 0.15) is 284 Å². The van der Waals surface area contributed by atoms with Crippen molar-refractivity contribution in [3.63, 3.8) is 0 Å². The van der Waals surface area contributed by atoms with Gasteiger partial charge in [0.25, 0.3) is 0 Å². The van der Waals surface area contributed by atoms with Crippen LogP contribution in [0, 0.1) is 0 Å². The average molecular weight is 1110 g/mol. The van der Waals surface area contributed by atoms with Gasteiger partial charge in [-0.05, 0) is 89.9 Å². The van der Waals surface area contributed by atoms with Gasteiger partial charge in [-0.15, -0.1) is 0 Å². The molecule has 0 aromatic heterocycles. The Balaban J connectivity index is 2.20. The predicted octanol–water partition coefficient (Wildman–Crippen LogP) is 17.5. The topological polar surface area (TPSA) is 149 Å². The van der Waals surface area contributed by atoms with Gasteiger partial charge in [0.05, 0.1) is 25.4 Å². The van der Waals surface area contributed by atoms with Crippen LogP contribution in [-0.2, 0) is 14.3 Å². The smallest absolute Gasteiger partial charge is 0.220 e. The Labute approximate surface area is 485 Å². The zero-order valence-electron chi connectivity index (χ0n) is 50.9. The Bertz CT molecular complexity index is 1560. The predicted molar refractivity (Wildman–Crippen MR) is 336 cm³/mol. The molecule has 0 spiro atoms. The third kappa shape index (κ3) is 47.3. The molecular weight excluding hydrogens is 983 g/mol. The highest BCUT2D eigenvalue weighted by molar-refractivity contribution is 5.76. The van der Waals surface area contributed by atoms with Gasteiger partial charge in [0, 0.05) is 6.42 Å². The monoisotopic (exact) mass is 1110 g/mol. The summed E-state index contributed by atoms with van der Waals surface area (Å²) in [6, 6.07) is -0.843. The van der Waals surface area contributed by atoms with Gasteiger partial charge in [-0.25, -0.2) is 0 Å². The maximum Gasteiger partial charge on any atom is 0.220 e. The van der Waals surface area contributed by atoms with Gasteiger partial charge in [0.15, 0.2) is 6.29 Å². The van der Waals surface area contributed by atoms with Gasteiger partial charge in [-0.2, -0.15) is 0 Å². The number of nitrogens with one attached hydrogen (secondary N) is 1. The van der Waals surface area contributed by atoms with E-state index >= 15 is 0 Å². The molecule has 6 N–H and O–H groups in total. The van der Waals surface area contributed by atoms with Gasteiger partial charge in [-0.3, -0.25) is 4.79 Å². The number of amides is 1. The number of unbranched alkanes of at least 4 members (excludes halogenated alkanes) is 32. The zero-order valence-corrected chi connectivity index (χ0v) is 50.9. The summed E-state index contributed by atoms with van der Waals surface area (Å²) in [6.45, 7) is 3.66. The molecule has 0 aromatic carbocycles. The summed E-state index contributed by atoms with van der Waals surface area (Å²) in [6.07, 6.45) is 77.9. The summed E-state index contributed by atoms with van der Waals surface area (Å²) >= 11 is 0. The van der Waals surface area contributed by atoms with E-state index < -0.39 is 49.5 Å². The average Bonchev–Trinajstić information content (AvgIpc) is 3.47. The molecule has 0 aliphatic carbocycles. The van der Waals surface area contributed by atoms with Crippen LogP contribution in [0.3, 0.4) is 0 Å². The van der Waals surface area contributed by atoms with Crippen LogP contribution in [0.2, 0.25) is 0 Å². The van der Waals surface area contributed by atoms with Crippen molar-refractivity contribution in [3.8, 4) is 0 Å². The minimum Gasteiger partial charge on any atom is -0.394 e. The summed E-state index contributed by atoms with van der Waals surface area (Å²) in [5, 5.41) is 54.6. The van der Waals surface area contributed by atoms with E-state index in [9.17, 15) is 30.3 Å². The maximum absolute atomic E-state index is 13.1. The van der Waals surface area contributed by atoms with Crippen molar-refractivity contribution in [1.82, 2.24) is 5.32 Å². The molecular formula is C70H123NO8. The molecule has 1 amide bonds. The molecule has 1 rings (SSSR count). The number of carbonyl (C=O) groups excluding carboxylic acids is 1. The Kier molecular flexibility index (Phi) is 54.7. The number of rotatable bonds is 56. The van der Waals surface area contributed by atoms with E-state index in [1.807, 2.05) is 6.08 Å². The second-order valence-corrected chi connectivity index (χ2v) is 22.5. The Morgan fingerprint density at radius 2 is 0.797 bits per heavy atom. The summed E-state index contributed by atoms with van der Waals surface area (Å²) in [7, 11) is 0. The van der Waals surface area contributed by atoms with Crippen molar-refractivity contribution in [2.24, 2.45) is 0 Å². The lowest BCUT2D eigenvalue weighted by molar-refractivity contribution is -0.302. The van der Waals surface area contributed by atoms with Crippen LogP contribution in [0.15, 0.2) is 97.2 Å². The van der Waals surface area contributed by atoms with Crippen LogP contribution >= 0.6 is 0 Å². The summed E-state index contributed by atoms with van der Waals surface area (Å²) in [5.74, 6) is -0.204. The number of aliphatic hydroxyl groups is 5. The lowest BCUT2D eigenvalue weighted by Gasteiger charge is -2.40. The first-order valence-corrected chi connectivity index (χ1v) is 33.0. The van der Waals surface area contributed by atoms with Crippen LogP contribution in [0.25, 0.3) is 0 Å². The molecule has 0 saturated carbocycles. The highest BCUT2D eigenvalue weighted by Gasteiger charge is 2.44. The molecule has 1 aliphatic heterocycles. The Morgan fingerprint density at radius 3 is 1.22 bits per heavy atom. The number of aliphatic hydroxyl groups excluding tert-OH is 5. The molecule has 1 aliphatic rings. The molecule has 1 fully saturated rings. The number of hydrogen-bond acceptors (Lipinski definition) is 8. The van der Waals surface area contributed by atoms with Crippen LogP contribution in [0.4, 0.5) is 0 Å². The fourth-order valence-corrected chi connectivity index (χ4v) is 9.98. The van der Waals surface area contributed by atoms with Gasteiger partial charge in [0.2, 0.25) is 5.91 Å². The van der Waals surface area contributed by atoms with Crippen LogP contribution in [0.5, 0.6) is 0 Å². The lowest BCUT2D eigenvalue weighted by Crippen LogP contribution is -2.60. The molecule has 9 nitrogen and oxygen atoms in total. The second-order valence-electron chi connectivity index (χ2n) is 22.5. The van der Waals surface area contributed by atoms with E-state index in [2.05, 4.69) is 104 Å².